The van der Waals surface area contributed by atoms with E-state index in [-0.39, 0.29) is 5.75 Å². The Kier molecular flexibility index (Phi) is 12.8. The highest BCUT2D eigenvalue weighted by Gasteiger charge is 2.31. The first-order chi connectivity index (χ1) is 16.8. The topological polar surface area (TPSA) is 155 Å². The van der Waals surface area contributed by atoms with Crippen LogP contribution in [0.2, 0.25) is 0 Å². The highest BCUT2D eigenvalue weighted by molar-refractivity contribution is 5.85. The fourth-order valence-electron chi connectivity index (χ4n) is 4.00. The molecule has 0 amide bonds. The van der Waals surface area contributed by atoms with Gasteiger partial charge >= 0.3 is 0 Å². The summed E-state index contributed by atoms with van der Waals surface area (Å²) in [5.74, 6) is 6.34. The van der Waals surface area contributed by atoms with Gasteiger partial charge in [0.05, 0.1) is 5.69 Å². The molecule has 8 nitrogen and oxygen atoms in total. The fourth-order valence-corrected chi connectivity index (χ4v) is 4.00. The van der Waals surface area contributed by atoms with Gasteiger partial charge in [0.1, 0.15) is 11.6 Å². The summed E-state index contributed by atoms with van der Waals surface area (Å²) < 4.78 is 0. The average Bonchev–Trinajstić information content (AvgIpc) is 3.19. The van der Waals surface area contributed by atoms with E-state index < -0.39 is 0 Å². The van der Waals surface area contributed by atoms with E-state index in [1.54, 1.807) is 43.6 Å². The van der Waals surface area contributed by atoms with E-state index in [4.69, 9.17) is 23.0 Å². The number of nitrogen functional groups attached to an aromatic ring is 1. The van der Waals surface area contributed by atoms with Gasteiger partial charge in [0.25, 0.3) is 0 Å². The zero-order valence-electron chi connectivity index (χ0n) is 22.2. The predicted molar refractivity (Wildman–Crippen MR) is 155 cm³/mol. The Morgan fingerprint density at radius 2 is 1.58 bits per heavy atom. The lowest BCUT2D eigenvalue weighted by atomic mass is 9.83. The number of hydrazine groups is 1. The van der Waals surface area contributed by atoms with Crippen molar-refractivity contribution in [3.8, 4) is 31.4 Å². The second kappa shape index (κ2) is 14.4. The number of terminal acetylenes is 2. The molecule has 2 aromatic rings. The van der Waals surface area contributed by atoms with E-state index in [0.29, 0.717) is 39.5 Å². The lowest BCUT2D eigenvalue weighted by molar-refractivity contribution is 0.183. The Labute approximate surface area is 216 Å². The number of piperidine rings is 1. The van der Waals surface area contributed by atoms with E-state index in [1.807, 2.05) is 0 Å². The second-order valence-electron chi connectivity index (χ2n) is 9.67. The van der Waals surface area contributed by atoms with Crippen molar-refractivity contribution in [3.05, 3.63) is 53.5 Å². The first-order valence-electron chi connectivity index (χ1n) is 11.5. The van der Waals surface area contributed by atoms with Crippen LogP contribution in [-0.4, -0.2) is 21.2 Å². The van der Waals surface area contributed by atoms with Crippen molar-refractivity contribution in [2.24, 2.45) is 17.3 Å². The van der Waals surface area contributed by atoms with Crippen molar-refractivity contribution in [3.63, 3.8) is 0 Å². The molecule has 3 rings (SSSR count). The van der Waals surface area contributed by atoms with Gasteiger partial charge in [-0.2, -0.15) is 0 Å². The van der Waals surface area contributed by atoms with Crippen LogP contribution in [0.5, 0.6) is 5.75 Å². The summed E-state index contributed by atoms with van der Waals surface area (Å²) in [4.78, 5) is 2.86. The molecule has 0 atom stereocenters. The summed E-state index contributed by atoms with van der Waals surface area (Å²) in [7, 11) is 0. The summed E-state index contributed by atoms with van der Waals surface area (Å²) in [6.45, 7) is 10.9. The maximum atomic E-state index is 10.1. The van der Waals surface area contributed by atoms with E-state index in [0.717, 1.165) is 5.56 Å². The number of H-pyrrole nitrogens is 1. The zero-order chi connectivity index (χ0) is 28.1. The number of nitrogens with zero attached hydrogens (tertiary/aromatic N) is 1. The van der Waals surface area contributed by atoms with Crippen molar-refractivity contribution >= 4 is 23.3 Å². The first-order valence-corrected chi connectivity index (χ1v) is 11.5. The molecule has 1 aliphatic rings. The molecule has 196 valence electrons. The molecule has 1 saturated heterocycles. The van der Waals surface area contributed by atoms with E-state index in [1.165, 1.54) is 30.3 Å². The number of nitrogens with one attached hydrogen (secondary N) is 2. The van der Waals surface area contributed by atoms with Crippen LogP contribution in [0, 0.1) is 25.7 Å². The number of nitrogens with two attached hydrogens (primary N) is 4. The molecular weight excluding hydrogens is 450 g/mol. The molecule has 8 heteroatoms. The van der Waals surface area contributed by atoms with Gasteiger partial charge < -0.3 is 32.6 Å². The highest BCUT2D eigenvalue weighted by atomic mass is 16.3. The van der Waals surface area contributed by atoms with Crippen LogP contribution in [0.4, 0.5) is 11.5 Å². The molecule has 1 aromatic carbocycles. The summed E-state index contributed by atoms with van der Waals surface area (Å²) in [5, 5.41) is 15.1. The third-order valence-corrected chi connectivity index (χ3v) is 5.34. The maximum absolute atomic E-state index is 10.1. The molecule has 0 bridgehead atoms. The van der Waals surface area contributed by atoms with Crippen LogP contribution in [0.15, 0.2) is 42.4 Å². The van der Waals surface area contributed by atoms with Crippen LogP contribution in [0.1, 0.15) is 65.0 Å². The minimum Gasteiger partial charge on any atom is -0.507 e. The van der Waals surface area contributed by atoms with Gasteiger partial charge in [0, 0.05) is 52.1 Å². The minimum absolute atomic E-state index is 0.0129. The predicted octanol–water partition coefficient (Wildman–Crippen LogP) is 4.08. The SMILES string of the molecule is C#C.C#C.C/C(N)=C/N(N)c1ccc(/C(N)=C/c2cc[nH]c2N)c(O)c1.CC1(C)CCCC(C)(C)N1. The Morgan fingerprint density at radius 3 is 1.97 bits per heavy atom. The molecule has 0 aliphatic carbocycles. The van der Waals surface area contributed by atoms with Crippen molar-refractivity contribution in [1.82, 2.24) is 10.3 Å². The molecule has 1 aliphatic heterocycles. The normalized spacial score (nSPS) is 16.1. The molecule has 0 saturated carbocycles. The lowest BCUT2D eigenvalue weighted by Gasteiger charge is -2.42. The number of benzene rings is 1. The number of aromatic hydroxyl groups is 1. The van der Waals surface area contributed by atoms with Crippen molar-refractivity contribution in [2.75, 3.05) is 10.7 Å². The monoisotopic (exact) mass is 493 g/mol. The Bertz CT molecular complexity index is 1030. The van der Waals surface area contributed by atoms with Crippen LogP contribution in [-0.2, 0) is 0 Å². The molecule has 36 heavy (non-hydrogen) atoms. The maximum Gasteiger partial charge on any atom is 0.127 e. The summed E-state index contributed by atoms with van der Waals surface area (Å²) in [6, 6.07) is 6.72. The molecule has 1 aromatic heterocycles. The molecule has 0 unspecified atom stereocenters. The molecule has 0 radical (unpaired) electrons. The molecule has 11 N–H and O–H groups in total. The van der Waals surface area contributed by atoms with Gasteiger partial charge in [-0.15, -0.1) is 25.7 Å². The largest absolute Gasteiger partial charge is 0.507 e. The van der Waals surface area contributed by atoms with Crippen LogP contribution in [0.3, 0.4) is 0 Å². The van der Waals surface area contributed by atoms with Gasteiger partial charge in [-0.25, -0.2) is 5.84 Å². The summed E-state index contributed by atoms with van der Waals surface area (Å²) in [6.07, 6.45) is 24.9. The van der Waals surface area contributed by atoms with Gasteiger partial charge in [0.15, 0.2) is 0 Å². The van der Waals surface area contributed by atoms with Gasteiger partial charge in [-0.05, 0) is 78.2 Å². The third-order valence-electron chi connectivity index (χ3n) is 5.34. The van der Waals surface area contributed by atoms with E-state index in [9.17, 15) is 5.11 Å². The quantitative estimate of drug-likeness (QED) is 0.192. The first kappa shape index (κ1) is 32.0. The lowest BCUT2D eigenvalue weighted by Crippen LogP contribution is -2.55. The van der Waals surface area contributed by atoms with Crippen LogP contribution >= 0.6 is 0 Å². The smallest absolute Gasteiger partial charge is 0.127 e. The summed E-state index contributed by atoms with van der Waals surface area (Å²) >= 11 is 0. The van der Waals surface area contributed by atoms with Gasteiger partial charge in [0.2, 0.25) is 0 Å². The number of allylic oxidation sites excluding steroid dienone is 1. The fraction of sp³-hybridized carbons (Fsp3) is 0.357. The zero-order valence-corrected chi connectivity index (χ0v) is 22.2. The van der Waals surface area contributed by atoms with Crippen molar-refractivity contribution in [1.29, 1.82) is 0 Å². The Hall–Kier alpha value is -3.98. The number of hydrogen-bond donors (Lipinski definition) is 7. The second-order valence-corrected chi connectivity index (χ2v) is 9.67. The molecular formula is C28H43N7O. The number of aromatic amines is 1. The Morgan fingerprint density at radius 1 is 1.03 bits per heavy atom. The van der Waals surface area contributed by atoms with Crippen LogP contribution in [0.25, 0.3) is 11.8 Å². The van der Waals surface area contributed by atoms with Gasteiger partial charge in [-0.1, -0.05) is 0 Å². The standard InChI is InChI=1S/C15H20N6O.C9H19N.2C2H2/c1-9(16)8-21(19)11-2-3-12(14(22)7-11)13(17)6-10-4-5-20-15(10)18;1-8(2)6-5-7-9(3,4)10-8;2*1-2/h2-8,20,22H,16-19H2,1H3;10H,5-7H2,1-4H3;2*1-2H/b9-8-,13-6-;;;. The number of hydrogen-bond acceptors (Lipinski definition) is 7. The minimum atomic E-state index is 0.0129. The average molecular weight is 494 g/mol. The molecule has 0 spiro atoms. The Balaban J connectivity index is 0.000000730. The number of aromatic nitrogens is 1. The van der Waals surface area contributed by atoms with Crippen molar-refractivity contribution in [2.45, 2.75) is 65.0 Å². The summed E-state index contributed by atoms with van der Waals surface area (Å²) in [5.41, 5.74) is 20.8. The third kappa shape index (κ3) is 10.5. The van der Waals surface area contributed by atoms with E-state index in [2.05, 4.69) is 63.7 Å². The number of rotatable bonds is 4. The van der Waals surface area contributed by atoms with Crippen molar-refractivity contribution < 1.29 is 5.11 Å². The number of phenolic OH excluding ortho intramolecular Hbond substituents is 1. The highest BCUT2D eigenvalue weighted by Crippen LogP contribution is 2.29. The van der Waals surface area contributed by atoms with Crippen LogP contribution < -0.4 is 33.4 Å². The van der Waals surface area contributed by atoms with Gasteiger partial charge in [-0.3, -0.25) is 5.01 Å². The molecule has 1 fully saturated rings. The number of anilines is 2. The van der Waals surface area contributed by atoms with E-state index >= 15 is 0 Å². The number of phenols is 1. The molecule has 2 heterocycles.